The first-order chi connectivity index (χ1) is 14.0. The van der Waals surface area contributed by atoms with Gasteiger partial charge in [-0.05, 0) is 25.1 Å². The second kappa shape index (κ2) is 8.16. The second-order valence-electron chi connectivity index (χ2n) is 7.62. The van der Waals surface area contributed by atoms with Crippen LogP contribution in [0.2, 0.25) is 0 Å². The summed E-state index contributed by atoms with van der Waals surface area (Å²) in [5.41, 5.74) is 1.04. The number of benzene rings is 1. The first kappa shape index (κ1) is 19.3. The van der Waals surface area contributed by atoms with Crippen LogP contribution in [0, 0.1) is 0 Å². The molecule has 1 saturated heterocycles. The van der Waals surface area contributed by atoms with E-state index in [1.54, 1.807) is 30.6 Å². The number of amides is 2. The fraction of sp³-hybridized carbons (Fsp3) is 0.429. The zero-order valence-electron chi connectivity index (χ0n) is 16.9. The molecule has 1 aromatic heterocycles. The van der Waals surface area contributed by atoms with Gasteiger partial charge in [0.2, 0.25) is 0 Å². The van der Waals surface area contributed by atoms with E-state index in [-0.39, 0.29) is 11.8 Å². The molecule has 8 heteroatoms. The van der Waals surface area contributed by atoms with Gasteiger partial charge in [0.15, 0.2) is 0 Å². The highest BCUT2D eigenvalue weighted by atomic mass is 16.2. The summed E-state index contributed by atoms with van der Waals surface area (Å²) in [4.78, 5) is 41.6. The molecule has 8 nitrogen and oxygen atoms in total. The van der Waals surface area contributed by atoms with Crippen LogP contribution in [0.15, 0.2) is 36.7 Å². The number of hydrogen-bond acceptors (Lipinski definition) is 7. The molecule has 0 unspecified atom stereocenters. The molecule has 1 aromatic carbocycles. The van der Waals surface area contributed by atoms with E-state index in [1.165, 1.54) is 4.90 Å². The van der Waals surface area contributed by atoms with E-state index in [4.69, 9.17) is 0 Å². The molecule has 0 aliphatic carbocycles. The number of anilines is 2. The van der Waals surface area contributed by atoms with Gasteiger partial charge in [0.25, 0.3) is 11.8 Å². The molecule has 2 amide bonds. The number of carbonyl (C=O) groups is 2. The normalized spacial score (nSPS) is 17.0. The van der Waals surface area contributed by atoms with E-state index < -0.39 is 0 Å². The number of rotatable bonds is 6. The number of fused-ring (bicyclic) bond motifs is 1. The van der Waals surface area contributed by atoms with Crippen molar-refractivity contribution in [1.82, 2.24) is 19.8 Å². The summed E-state index contributed by atoms with van der Waals surface area (Å²) in [5, 5.41) is 0. The maximum atomic E-state index is 12.4. The Hall–Kier alpha value is -3.00. The Labute approximate surface area is 170 Å². The largest absolute Gasteiger partial charge is 0.363 e. The summed E-state index contributed by atoms with van der Waals surface area (Å²) >= 11 is 0. The summed E-state index contributed by atoms with van der Waals surface area (Å²) in [5.74, 6) is 1.51. The third-order valence-electron chi connectivity index (χ3n) is 5.53. The molecular weight excluding hydrogens is 368 g/mol. The van der Waals surface area contributed by atoms with Gasteiger partial charge in [0.1, 0.15) is 18.0 Å². The average molecular weight is 394 g/mol. The van der Waals surface area contributed by atoms with Gasteiger partial charge < -0.3 is 9.80 Å². The van der Waals surface area contributed by atoms with Crippen LogP contribution < -0.4 is 9.80 Å². The fourth-order valence-electron chi connectivity index (χ4n) is 3.85. The summed E-state index contributed by atoms with van der Waals surface area (Å²) in [6.07, 6.45) is 2.39. The molecule has 0 N–H and O–H groups in total. The van der Waals surface area contributed by atoms with E-state index in [2.05, 4.69) is 19.8 Å². The Kier molecular flexibility index (Phi) is 5.44. The Bertz CT molecular complexity index is 873. The molecule has 0 atom stereocenters. The van der Waals surface area contributed by atoms with Gasteiger partial charge in [0.05, 0.1) is 11.1 Å². The van der Waals surface area contributed by atoms with Crippen molar-refractivity contribution >= 4 is 23.5 Å². The van der Waals surface area contributed by atoms with Crippen LogP contribution in [-0.2, 0) is 0 Å². The summed E-state index contributed by atoms with van der Waals surface area (Å²) < 4.78 is 0. The standard InChI is InChI=1S/C21H26N6O2/c1-24(2)18-14-19(23-15-22-18)26-12-10-25(11-13-26)8-5-9-27-20(28)16-6-3-4-7-17(16)21(27)29/h3-4,6-7,14-15H,5,8-13H2,1-2H3. The third kappa shape index (κ3) is 3.93. The van der Waals surface area contributed by atoms with Gasteiger partial charge in [-0.3, -0.25) is 19.4 Å². The third-order valence-corrected chi connectivity index (χ3v) is 5.53. The molecule has 0 spiro atoms. The molecule has 29 heavy (non-hydrogen) atoms. The SMILES string of the molecule is CN(C)c1cc(N2CCN(CCCN3C(=O)c4ccccc4C3=O)CC2)ncn1. The van der Waals surface area contributed by atoms with Crippen molar-refractivity contribution in [2.45, 2.75) is 6.42 Å². The molecule has 2 aliphatic heterocycles. The molecule has 0 bridgehead atoms. The highest BCUT2D eigenvalue weighted by Crippen LogP contribution is 2.22. The molecule has 0 saturated carbocycles. The predicted octanol–water partition coefficient (Wildman–Crippen LogP) is 1.35. The van der Waals surface area contributed by atoms with Crippen LogP contribution in [0.5, 0.6) is 0 Å². The van der Waals surface area contributed by atoms with Crippen molar-refractivity contribution < 1.29 is 9.59 Å². The van der Waals surface area contributed by atoms with Crippen LogP contribution in [-0.4, -0.2) is 84.9 Å². The minimum absolute atomic E-state index is 0.170. The number of hydrogen-bond donors (Lipinski definition) is 0. The topological polar surface area (TPSA) is 72.9 Å². The van der Waals surface area contributed by atoms with E-state index in [1.807, 2.05) is 25.1 Å². The van der Waals surface area contributed by atoms with Crippen molar-refractivity contribution in [3.63, 3.8) is 0 Å². The van der Waals surface area contributed by atoms with Crippen LogP contribution in [0.25, 0.3) is 0 Å². The number of piperazine rings is 1. The van der Waals surface area contributed by atoms with Gasteiger partial charge in [-0.2, -0.15) is 0 Å². The summed E-state index contributed by atoms with van der Waals surface area (Å²) in [6.45, 7) is 5.00. The molecule has 3 heterocycles. The van der Waals surface area contributed by atoms with Gasteiger partial charge >= 0.3 is 0 Å². The maximum Gasteiger partial charge on any atom is 0.261 e. The lowest BCUT2D eigenvalue weighted by molar-refractivity contribution is 0.0647. The summed E-state index contributed by atoms with van der Waals surface area (Å²) in [6, 6.07) is 9.06. The highest BCUT2D eigenvalue weighted by molar-refractivity contribution is 6.21. The van der Waals surface area contributed by atoms with Gasteiger partial charge in [-0.25, -0.2) is 9.97 Å². The van der Waals surface area contributed by atoms with Crippen LogP contribution >= 0.6 is 0 Å². The number of aromatic nitrogens is 2. The lowest BCUT2D eigenvalue weighted by Crippen LogP contribution is -2.47. The highest BCUT2D eigenvalue weighted by Gasteiger charge is 2.34. The number of nitrogens with zero attached hydrogens (tertiary/aromatic N) is 6. The van der Waals surface area contributed by atoms with E-state index in [0.29, 0.717) is 17.7 Å². The number of imide groups is 1. The van der Waals surface area contributed by atoms with Crippen LogP contribution in [0.4, 0.5) is 11.6 Å². The molecule has 2 aliphatic rings. The molecule has 1 fully saturated rings. The smallest absolute Gasteiger partial charge is 0.261 e. The average Bonchev–Trinajstić information content (AvgIpc) is 2.99. The Morgan fingerprint density at radius 3 is 2.21 bits per heavy atom. The second-order valence-corrected chi connectivity index (χ2v) is 7.62. The van der Waals surface area contributed by atoms with Crippen molar-refractivity contribution in [3.05, 3.63) is 47.8 Å². The van der Waals surface area contributed by atoms with Crippen molar-refractivity contribution in [2.75, 3.05) is 63.2 Å². The number of carbonyl (C=O) groups excluding carboxylic acids is 2. The van der Waals surface area contributed by atoms with Crippen molar-refractivity contribution in [3.8, 4) is 0 Å². The van der Waals surface area contributed by atoms with Crippen molar-refractivity contribution in [1.29, 1.82) is 0 Å². The molecule has 152 valence electrons. The van der Waals surface area contributed by atoms with Gasteiger partial charge in [-0.15, -0.1) is 0 Å². The molecule has 0 radical (unpaired) electrons. The van der Waals surface area contributed by atoms with Gasteiger partial charge in [0, 0.05) is 52.9 Å². The Morgan fingerprint density at radius 2 is 1.59 bits per heavy atom. The van der Waals surface area contributed by atoms with Gasteiger partial charge in [-0.1, -0.05) is 12.1 Å². The van der Waals surface area contributed by atoms with E-state index in [9.17, 15) is 9.59 Å². The predicted molar refractivity (Wildman–Crippen MR) is 111 cm³/mol. The maximum absolute atomic E-state index is 12.4. The van der Waals surface area contributed by atoms with Crippen molar-refractivity contribution in [2.24, 2.45) is 0 Å². The molecule has 4 rings (SSSR count). The molecular formula is C21H26N6O2. The monoisotopic (exact) mass is 394 g/mol. The summed E-state index contributed by atoms with van der Waals surface area (Å²) in [7, 11) is 3.94. The lowest BCUT2D eigenvalue weighted by atomic mass is 10.1. The van der Waals surface area contributed by atoms with E-state index in [0.717, 1.165) is 50.8 Å². The first-order valence-electron chi connectivity index (χ1n) is 9.96. The lowest BCUT2D eigenvalue weighted by Gasteiger charge is -2.35. The molecule has 2 aromatic rings. The van der Waals surface area contributed by atoms with Crippen LogP contribution in [0.1, 0.15) is 27.1 Å². The Balaban J connectivity index is 1.26. The zero-order chi connectivity index (χ0) is 20.4. The minimum atomic E-state index is -0.170. The Morgan fingerprint density at radius 1 is 0.931 bits per heavy atom. The zero-order valence-corrected chi connectivity index (χ0v) is 16.9. The fourth-order valence-corrected chi connectivity index (χ4v) is 3.85. The van der Waals surface area contributed by atoms with Crippen LogP contribution in [0.3, 0.4) is 0 Å². The quantitative estimate of drug-likeness (QED) is 0.685. The first-order valence-corrected chi connectivity index (χ1v) is 9.96. The minimum Gasteiger partial charge on any atom is -0.363 e. The van der Waals surface area contributed by atoms with E-state index >= 15 is 0 Å².